The first-order valence-corrected chi connectivity index (χ1v) is 9.00. The fourth-order valence-corrected chi connectivity index (χ4v) is 2.95. The molecule has 6 heteroatoms. The molecule has 0 fully saturated rings. The Bertz CT molecular complexity index is 815. The monoisotopic (exact) mass is 383 g/mol. The summed E-state index contributed by atoms with van der Waals surface area (Å²) in [4.78, 5) is 39.7. The average Bonchev–Trinajstić information content (AvgIpc) is 2.72. The molecule has 28 heavy (non-hydrogen) atoms. The number of methoxy groups -OCH3 is 2. The first-order valence-electron chi connectivity index (χ1n) is 9.00. The van der Waals surface area contributed by atoms with Crippen molar-refractivity contribution < 1.29 is 23.9 Å². The molecular formula is C22H25NO5. The third-order valence-electron chi connectivity index (χ3n) is 4.42. The Morgan fingerprint density at radius 1 is 0.893 bits per heavy atom. The van der Waals surface area contributed by atoms with E-state index in [1.807, 2.05) is 19.9 Å². The number of carbonyl (C=O) groups is 3. The van der Waals surface area contributed by atoms with Gasteiger partial charge in [0.25, 0.3) is 5.91 Å². The molecule has 2 rings (SSSR count). The molecule has 0 bridgehead atoms. The first-order chi connectivity index (χ1) is 13.4. The second-order valence-electron chi connectivity index (χ2n) is 6.66. The predicted molar refractivity (Wildman–Crippen MR) is 105 cm³/mol. The molecule has 0 heterocycles. The van der Waals surface area contributed by atoms with Gasteiger partial charge < -0.3 is 14.4 Å². The van der Waals surface area contributed by atoms with Crippen LogP contribution in [0.2, 0.25) is 0 Å². The molecule has 0 aliphatic carbocycles. The van der Waals surface area contributed by atoms with Crippen LogP contribution in [0, 0.1) is 5.92 Å². The van der Waals surface area contributed by atoms with Crippen molar-refractivity contribution in [1.29, 1.82) is 0 Å². The van der Waals surface area contributed by atoms with Crippen LogP contribution >= 0.6 is 0 Å². The van der Waals surface area contributed by atoms with Crippen LogP contribution in [0.3, 0.4) is 0 Å². The lowest BCUT2D eigenvalue weighted by atomic mass is 10.00. The van der Waals surface area contributed by atoms with Crippen LogP contribution in [-0.4, -0.2) is 49.4 Å². The van der Waals surface area contributed by atoms with Crippen molar-refractivity contribution >= 4 is 17.7 Å². The lowest BCUT2D eigenvalue weighted by molar-refractivity contribution is -0.147. The minimum Gasteiger partial charge on any atom is -0.497 e. The van der Waals surface area contributed by atoms with Gasteiger partial charge in [-0.25, -0.2) is 4.79 Å². The maximum absolute atomic E-state index is 13.2. The van der Waals surface area contributed by atoms with E-state index in [0.717, 1.165) is 0 Å². The van der Waals surface area contributed by atoms with E-state index in [2.05, 4.69) is 0 Å². The number of Topliss-reactive ketones (excluding diaryl/α,β-unsaturated/α-hetero) is 1. The van der Waals surface area contributed by atoms with Gasteiger partial charge in [-0.1, -0.05) is 44.2 Å². The molecule has 6 nitrogen and oxygen atoms in total. The molecular weight excluding hydrogens is 358 g/mol. The summed E-state index contributed by atoms with van der Waals surface area (Å²) in [5.41, 5.74) is 0.832. The zero-order chi connectivity index (χ0) is 20.7. The third kappa shape index (κ3) is 4.97. The van der Waals surface area contributed by atoms with Crippen molar-refractivity contribution in [1.82, 2.24) is 4.90 Å². The molecule has 0 aromatic heterocycles. The van der Waals surface area contributed by atoms with E-state index in [4.69, 9.17) is 9.47 Å². The van der Waals surface area contributed by atoms with Crippen molar-refractivity contribution in [2.24, 2.45) is 5.92 Å². The zero-order valence-corrected chi connectivity index (χ0v) is 16.5. The minimum atomic E-state index is -0.882. The molecule has 0 saturated heterocycles. The summed E-state index contributed by atoms with van der Waals surface area (Å²) >= 11 is 0. The van der Waals surface area contributed by atoms with Gasteiger partial charge in [0.1, 0.15) is 11.8 Å². The molecule has 0 N–H and O–H groups in total. The number of rotatable bonds is 8. The average molecular weight is 383 g/mol. The molecule has 1 amide bonds. The Labute approximate surface area is 165 Å². The Balaban J connectivity index is 2.40. The maximum atomic E-state index is 13.2. The van der Waals surface area contributed by atoms with Crippen LogP contribution in [-0.2, 0) is 9.53 Å². The first kappa shape index (κ1) is 21.2. The highest BCUT2D eigenvalue weighted by Crippen LogP contribution is 2.19. The smallest absolute Gasteiger partial charge is 0.328 e. The molecule has 1 atom stereocenters. The molecule has 0 aliphatic rings. The number of hydrogen-bond acceptors (Lipinski definition) is 5. The minimum absolute atomic E-state index is 0.229. The Hall–Kier alpha value is -3.15. The third-order valence-corrected chi connectivity index (χ3v) is 4.42. The topological polar surface area (TPSA) is 72.9 Å². The summed E-state index contributed by atoms with van der Waals surface area (Å²) in [5.74, 6) is -0.860. The largest absolute Gasteiger partial charge is 0.497 e. The summed E-state index contributed by atoms with van der Waals surface area (Å²) in [6.45, 7) is 3.39. The fourth-order valence-electron chi connectivity index (χ4n) is 2.95. The van der Waals surface area contributed by atoms with Crippen LogP contribution in [0.15, 0.2) is 54.6 Å². The standard InChI is InChI=1S/C22H25NO5/c1-15(2)20(22(26)28-4)23(14-19(24)16-8-6-5-7-9-16)21(25)17-10-12-18(27-3)13-11-17/h5-13,15,20H,14H2,1-4H3. The van der Waals surface area contributed by atoms with Crippen LogP contribution in [0.5, 0.6) is 5.75 Å². The van der Waals surface area contributed by atoms with Gasteiger partial charge in [-0.05, 0) is 30.2 Å². The van der Waals surface area contributed by atoms with Gasteiger partial charge in [0, 0.05) is 11.1 Å². The molecule has 148 valence electrons. The highest BCUT2D eigenvalue weighted by molar-refractivity contribution is 6.03. The van der Waals surface area contributed by atoms with Gasteiger partial charge >= 0.3 is 5.97 Å². The normalized spacial score (nSPS) is 11.6. The number of ketones is 1. The van der Waals surface area contributed by atoms with Crippen LogP contribution < -0.4 is 4.74 Å². The lowest BCUT2D eigenvalue weighted by Crippen LogP contribution is -2.50. The SMILES string of the molecule is COC(=O)C(C(C)C)N(CC(=O)c1ccccc1)C(=O)c1ccc(OC)cc1. The molecule has 0 aliphatic heterocycles. The van der Waals surface area contributed by atoms with Gasteiger partial charge in [-0.3, -0.25) is 9.59 Å². The fraction of sp³-hybridized carbons (Fsp3) is 0.318. The number of ether oxygens (including phenoxy) is 2. The van der Waals surface area contributed by atoms with Crippen molar-refractivity contribution in [3.05, 3.63) is 65.7 Å². The van der Waals surface area contributed by atoms with Crippen molar-refractivity contribution in [2.45, 2.75) is 19.9 Å². The summed E-state index contributed by atoms with van der Waals surface area (Å²) in [5, 5.41) is 0. The quantitative estimate of drug-likeness (QED) is 0.517. The number of nitrogens with zero attached hydrogens (tertiary/aromatic N) is 1. The molecule has 2 aromatic rings. The highest BCUT2D eigenvalue weighted by atomic mass is 16.5. The van der Waals surface area contributed by atoms with E-state index in [0.29, 0.717) is 16.9 Å². The number of amides is 1. The second kappa shape index (κ2) is 9.69. The summed E-state index contributed by atoms with van der Waals surface area (Å²) < 4.78 is 10.0. The van der Waals surface area contributed by atoms with E-state index in [9.17, 15) is 14.4 Å². The van der Waals surface area contributed by atoms with Crippen molar-refractivity contribution in [2.75, 3.05) is 20.8 Å². The van der Waals surface area contributed by atoms with E-state index in [1.165, 1.54) is 19.1 Å². The lowest BCUT2D eigenvalue weighted by Gasteiger charge is -2.32. The van der Waals surface area contributed by atoms with Gasteiger partial charge in [0.2, 0.25) is 0 Å². The van der Waals surface area contributed by atoms with E-state index in [1.54, 1.807) is 48.5 Å². The number of benzene rings is 2. The number of carbonyl (C=O) groups excluding carboxylic acids is 3. The van der Waals surface area contributed by atoms with E-state index >= 15 is 0 Å². The van der Waals surface area contributed by atoms with E-state index < -0.39 is 17.9 Å². The van der Waals surface area contributed by atoms with Crippen LogP contribution in [0.25, 0.3) is 0 Å². The summed E-state index contributed by atoms with van der Waals surface area (Å²) in [6, 6.07) is 14.3. The Morgan fingerprint density at radius 2 is 1.50 bits per heavy atom. The molecule has 2 aromatic carbocycles. The van der Waals surface area contributed by atoms with Crippen molar-refractivity contribution in [3.63, 3.8) is 0 Å². The molecule has 1 unspecified atom stereocenters. The second-order valence-corrected chi connectivity index (χ2v) is 6.66. The Morgan fingerprint density at radius 3 is 2.00 bits per heavy atom. The Kier molecular flexibility index (Phi) is 7.32. The van der Waals surface area contributed by atoms with Gasteiger partial charge in [0.05, 0.1) is 20.8 Å². The van der Waals surface area contributed by atoms with Gasteiger partial charge in [-0.2, -0.15) is 0 Å². The van der Waals surface area contributed by atoms with Gasteiger partial charge in [-0.15, -0.1) is 0 Å². The van der Waals surface area contributed by atoms with Gasteiger partial charge in [0.15, 0.2) is 5.78 Å². The molecule has 0 saturated carbocycles. The molecule has 0 spiro atoms. The van der Waals surface area contributed by atoms with Crippen LogP contribution in [0.4, 0.5) is 0 Å². The summed E-state index contributed by atoms with van der Waals surface area (Å²) in [6.07, 6.45) is 0. The molecule has 0 radical (unpaired) electrons. The number of esters is 1. The number of hydrogen-bond donors (Lipinski definition) is 0. The van der Waals surface area contributed by atoms with E-state index in [-0.39, 0.29) is 18.2 Å². The van der Waals surface area contributed by atoms with Crippen molar-refractivity contribution in [3.8, 4) is 5.75 Å². The zero-order valence-electron chi connectivity index (χ0n) is 16.5. The summed E-state index contributed by atoms with van der Waals surface area (Å²) in [7, 11) is 2.81. The predicted octanol–water partition coefficient (Wildman–Crippen LogP) is 3.22. The van der Waals surface area contributed by atoms with Crippen LogP contribution in [0.1, 0.15) is 34.6 Å². The maximum Gasteiger partial charge on any atom is 0.328 e. The highest BCUT2D eigenvalue weighted by Gasteiger charge is 2.35.